The Labute approximate surface area is 77.4 Å². The second-order valence-electron chi connectivity index (χ2n) is 2.41. The molecule has 0 aromatic heterocycles. The molecule has 0 aliphatic carbocycles. The first-order valence-electron chi connectivity index (χ1n) is 3.69. The van der Waals surface area contributed by atoms with Crippen LogP contribution >= 0.6 is 11.8 Å². The molecule has 1 atom stereocenters. The Morgan fingerprint density at radius 1 is 1.75 bits per heavy atom. The van der Waals surface area contributed by atoms with E-state index in [1.54, 1.807) is 18.8 Å². The van der Waals surface area contributed by atoms with Crippen molar-refractivity contribution in [2.24, 2.45) is 5.73 Å². The van der Waals surface area contributed by atoms with Crippen molar-refractivity contribution >= 4 is 17.7 Å². The fourth-order valence-corrected chi connectivity index (χ4v) is 1.18. The lowest BCUT2D eigenvalue weighted by molar-refractivity contribution is -0.170. The van der Waals surface area contributed by atoms with Gasteiger partial charge in [-0.15, -0.1) is 0 Å². The summed E-state index contributed by atoms with van der Waals surface area (Å²) >= 11 is 1.68. The first kappa shape index (κ1) is 11.7. The molecule has 4 nitrogen and oxygen atoms in total. The van der Waals surface area contributed by atoms with Crippen molar-refractivity contribution in [3.05, 3.63) is 0 Å². The summed E-state index contributed by atoms with van der Waals surface area (Å²) in [6.07, 6.45) is 2.67. The lowest BCUT2D eigenvalue weighted by Crippen LogP contribution is -2.41. The monoisotopic (exact) mass is 192 g/mol. The molecule has 5 heteroatoms. The predicted octanol–water partition coefficient (Wildman–Crippen LogP) is 0.0866. The van der Waals surface area contributed by atoms with Crippen molar-refractivity contribution in [3.8, 4) is 0 Å². The summed E-state index contributed by atoms with van der Waals surface area (Å²) in [6.45, 7) is 0. The zero-order chi connectivity index (χ0) is 9.56. The number of hydroxylamine groups is 2. The number of hydrogen-bond acceptors (Lipinski definition) is 4. The van der Waals surface area contributed by atoms with E-state index < -0.39 is 6.04 Å². The van der Waals surface area contributed by atoms with Crippen LogP contribution in [0.1, 0.15) is 6.42 Å². The summed E-state index contributed by atoms with van der Waals surface area (Å²) < 4.78 is 0. The van der Waals surface area contributed by atoms with Gasteiger partial charge in [0.05, 0.1) is 13.2 Å². The molecule has 72 valence electrons. The average molecular weight is 192 g/mol. The molecule has 0 saturated heterocycles. The standard InChI is InChI=1S/C7H16N2O2S/c1-9(11-2)7(10)6(8)4-5-12-3/h6H,4-5,8H2,1-3H3/t6-/m1/s1. The molecule has 0 unspecified atom stereocenters. The van der Waals surface area contributed by atoms with Crippen LogP contribution in [0.4, 0.5) is 0 Å². The van der Waals surface area contributed by atoms with E-state index in [1.165, 1.54) is 7.11 Å². The van der Waals surface area contributed by atoms with Crippen LogP contribution in [0.15, 0.2) is 0 Å². The molecule has 0 heterocycles. The van der Waals surface area contributed by atoms with Crippen LogP contribution in [0.3, 0.4) is 0 Å². The molecule has 0 aliphatic heterocycles. The zero-order valence-electron chi connectivity index (χ0n) is 7.74. The van der Waals surface area contributed by atoms with E-state index in [9.17, 15) is 4.79 Å². The number of hydrogen-bond donors (Lipinski definition) is 1. The first-order valence-corrected chi connectivity index (χ1v) is 5.09. The Morgan fingerprint density at radius 2 is 2.33 bits per heavy atom. The van der Waals surface area contributed by atoms with Crippen LogP contribution in [0.25, 0.3) is 0 Å². The second kappa shape index (κ2) is 6.28. The van der Waals surface area contributed by atoms with Crippen LogP contribution in [0, 0.1) is 0 Å². The fraction of sp³-hybridized carbons (Fsp3) is 0.857. The molecule has 0 rings (SSSR count). The number of rotatable bonds is 5. The van der Waals surface area contributed by atoms with Gasteiger partial charge in [0.15, 0.2) is 0 Å². The average Bonchev–Trinajstić information content (AvgIpc) is 2.11. The third-order valence-electron chi connectivity index (χ3n) is 1.53. The molecule has 12 heavy (non-hydrogen) atoms. The number of carbonyl (C=O) groups is 1. The van der Waals surface area contributed by atoms with Gasteiger partial charge in [-0.1, -0.05) is 0 Å². The maximum atomic E-state index is 11.2. The van der Waals surface area contributed by atoms with Gasteiger partial charge in [0.25, 0.3) is 5.91 Å². The van der Waals surface area contributed by atoms with Gasteiger partial charge in [-0.05, 0) is 18.4 Å². The van der Waals surface area contributed by atoms with Crippen LogP contribution in [0.5, 0.6) is 0 Å². The van der Waals surface area contributed by atoms with Crippen molar-refractivity contribution < 1.29 is 9.63 Å². The highest BCUT2D eigenvalue weighted by Crippen LogP contribution is 2.01. The molecule has 1 amide bonds. The maximum Gasteiger partial charge on any atom is 0.262 e. The molecule has 0 aromatic carbocycles. The quantitative estimate of drug-likeness (QED) is 0.627. The Morgan fingerprint density at radius 3 is 2.75 bits per heavy atom. The van der Waals surface area contributed by atoms with Gasteiger partial charge in [-0.25, -0.2) is 5.06 Å². The van der Waals surface area contributed by atoms with Crippen molar-refractivity contribution in [2.75, 3.05) is 26.2 Å². The minimum atomic E-state index is -0.442. The Bertz CT molecular complexity index is 143. The maximum absolute atomic E-state index is 11.2. The number of nitrogens with zero attached hydrogens (tertiary/aromatic N) is 1. The molecule has 0 spiro atoms. The Balaban J connectivity index is 3.75. The van der Waals surface area contributed by atoms with E-state index in [-0.39, 0.29) is 5.91 Å². The van der Waals surface area contributed by atoms with Gasteiger partial charge in [0.1, 0.15) is 0 Å². The Hall–Kier alpha value is -0.260. The molecule has 0 radical (unpaired) electrons. The van der Waals surface area contributed by atoms with Crippen LogP contribution in [-0.2, 0) is 9.63 Å². The molecular formula is C7H16N2O2S. The summed E-state index contributed by atoms with van der Waals surface area (Å²) in [4.78, 5) is 16.0. The van der Waals surface area contributed by atoms with E-state index in [0.717, 1.165) is 10.8 Å². The number of carbonyl (C=O) groups excluding carboxylic acids is 1. The highest BCUT2D eigenvalue weighted by molar-refractivity contribution is 7.98. The van der Waals surface area contributed by atoms with Gasteiger partial charge < -0.3 is 5.73 Å². The van der Waals surface area contributed by atoms with E-state index in [4.69, 9.17) is 10.6 Å². The molecular weight excluding hydrogens is 176 g/mol. The smallest absolute Gasteiger partial charge is 0.262 e. The highest BCUT2D eigenvalue weighted by atomic mass is 32.2. The zero-order valence-corrected chi connectivity index (χ0v) is 8.56. The van der Waals surface area contributed by atoms with E-state index in [2.05, 4.69) is 0 Å². The van der Waals surface area contributed by atoms with Gasteiger partial charge in [-0.3, -0.25) is 9.63 Å². The number of thioether (sulfide) groups is 1. The topological polar surface area (TPSA) is 55.6 Å². The molecule has 0 fully saturated rings. The van der Waals surface area contributed by atoms with Crippen LogP contribution < -0.4 is 5.73 Å². The molecule has 0 saturated carbocycles. The van der Waals surface area contributed by atoms with Crippen molar-refractivity contribution in [1.82, 2.24) is 5.06 Å². The van der Waals surface area contributed by atoms with Gasteiger partial charge in [0, 0.05) is 7.05 Å². The summed E-state index contributed by atoms with van der Waals surface area (Å²) in [6, 6.07) is -0.442. The summed E-state index contributed by atoms with van der Waals surface area (Å²) in [7, 11) is 3.00. The van der Waals surface area contributed by atoms with Crippen LogP contribution in [-0.4, -0.2) is 43.2 Å². The van der Waals surface area contributed by atoms with Gasteiger partial charge >= 0.3 is 0 Å². The minimum Gasteiger partial charge on any atom is -0.320 e. The highest BCUT2D eigenvalue weighted by Gasteiger charge is 2.16. The third kappa shape index (κ3) is 3.94. The van der Waals surface area contributed by atoms with E-state index in [1.807, 2.05) is 6.26 Å². The molecule has 0 aliphatic rings. The third-order valence-corrected chi connectivity index (χ3v) is 2.18. The second-order valence-corrected chi connectivity index (χ2v) is 3.39. The fourth-order valence-electron chi connectivity index (χ4n) is 0.692. The molecule has 0 bridgehead atoms. The molecule has 0 aromatic rings. The van der Waals surface area contributed by atoms with Crippen molar-refractivity contribution in [2.45, 2.75) is 12.5 Å². The number of likely N-dealkylation sites (N-methyl/N-ethyl adjacent to an activating group) is 1. The van der Waals surface area contributed by atoms with Gasteiger partial charge in [0.2, 0.25) is 0 Å². The lowest BCUT2D eigenvalue weighted by Gasteiger charge is -2.17. The number of amides is 1. The minimum absolute atomic E-state index is 0.174. The van der Waals surface area contributed by atoms with Crippen molar-refractivity contribution in [3.63, 3.8) is 0 Å². The predicted molar refractivity (Wildman–Crippen MR) is 50.8 cm³/mol. The lowest BCUT2D eigenvalue weighted by atomic mass is 10.2. The summed E-state index contributed by atoms with van der Waals surface area (Å²) in [5.41, 5.74) is 5.60. The van der Waals surface area contributed by atoms with Crippen molar-refractivity contribution in [1.29, 1.82) is 0 Å². The van der Waals surface area contributed by atoms with Crippen LogP contribution in [0.2, 0.25) is 0 Å². The summed E-state index contributed by atoms with van der Waals surface area (Å²) in [5.74, 6) is 0.719. The van der Waals surface area contributed by atoms with Gasteiger partial charge in [-0.2, -0.15) is 11.8 Å². The van der Waals surface area contributed by atoms with E-state index >= 15 is 0 Å². The SMILES string of the molecule is CON(C)C(=O)[C@H](N)CCSC. The largest absolute Gasteiger partial charge is 0.320 e. The Kier molecular flexibility index (Phi) is 6.14. The normalized spacial score (nSPS) is 12.7. The molecule has 2 N–H and O–H groups in total. The first-order chi connectivity index (χ1) is 5.63. The van der Waals surface area contributed by atoms with E-state index in [0.29, 0.717) is 6.42 Å². The summed E-state index contributed by atoms with van der Waals surface area (Å²) in [5, 5.41) is 1.16. The number of nitrogens with two attached hydrogens (primary N) is 1.